The quantitative estimate of drug-likeness (QED) is 0.490. The molecule has 0 saturated heterocycles. The summed E-state index contributed by atoms with van der Waals surface area (Å²) in [6, 6.07) is 9.40. The van der Waals surface area contributed by atoms with E-state index >= 15 is 0 Å². The van der Waals surface area contributed by atoms with Crippen LogP contribution in [0, 0.1) is 5.41 Å². The summed E-state index contributed by atoms with van der Waals surface area (Å²) in [5, 5.41) is 0. The molecule has 1 aromatic heterocycles. The van der Waals surface area contributed by atoms with E-state index in [1.807, 2.05) is 65.8 Å². The Hall–Kier alpha value is -2.96. The number of hydrogen-bond acceptors (Lipinski definition) is 5. The Morgan fingerprint density at radius 2 is 1.62 bits per heavy atom. The van der Waals surface area contributed by atoms with Crippen LogP contribution in [0.3, 0.4) is 0 Å². The third-order valence-corrected chi connectivity index (χ3v) is 5.48. The summed E-state index contributed by atoms with van der Waals surface area (Å²) in [7, 11) is 3.20. The highest BCUT2D eigenvalue weighted by molar-refractivity contribution is 5.85. The van der Waals surface area contributed by atoms with E-state index in [1.54, 1.807) is 36.3 Å². The van der Waals surface area contributed by atoms with E-state index in [0.717, 1.165) is 5.56 Å². The van der Waals surface area contributed by atoms with Gasteiger partial charge in [0.2, 0.25) is 11.8 Å². The van der Waals surface area contributed by atoms with Crippen molar-refractivity contribution in [1.82, 2.24) is 9.80 Å². The molecule has 34 heavy (non-hydrogen) atoms. The van der Waals surface area contributed by atoms with Gasteiger partial charge in [-0.15, -0.1) is 0 Å². The van der Waals surface area contributed by atoms with Crippen LogP contribution in [-0.4, -0.2) is 54.5 Å². The molecule has 7 heteroatoms. The zero-order chi connectivity index (χ0) is 25.5. The number of amides is 2. The molecular weight excluding hydrogens is 432 g/mol. The fraction of sp³-hybridized carbons (Fsp3) is 0.556. The highest BCUT2D eigenvalue weighted by Crippen LogP contribution is 2.28. The van der Waals surface area contributed by atoms with Crippen LogP contribution in [0.15, 0.2) is 41.0 Å². The molecule has 188 valence electrons. The first kappa shape index (κ1) is 27.3. The van der Waals surface area contributed by atoms with Crippen LogP contribution in [0.25, 0.3) is 0 Å². The summed E-state index contributed by atoms with van der Waals surface area (Å²) >= 11 is 0. The van der Waals surface area contributed by atoms with Gasteiger partial charge >= 0.3 is 0 Å². The Balaban J connectivity index is 2.21. The van der Waals surface area contributed by atoms with Gasteiger partial charge < -0.3 is 23.7 Å². The van der Waals surface area contributed by atoms with Crippen LogP contribution in [0.2, 0.25) is 0 Å². The van der Waals surface area contributed by atoms with E-state index in [9.17, 15) is 9.59 Å². The summed E-state index contributed by atoms with van der Waals surface area (Å²) in [6.07, 6.45) is 2.60. The first-order valence-corrected chi connectivity index (χ1v) is 11.7. The maximum Gasteiger partial charge on any atom is 0.242 e. The fourth-order valence-corrected chi connectivity index (χ4v) is 3.67. The van der Waals surface area contributed by atoms with E-state index in [4.69, 9.17) is 13.9 Å². The van der Waals surface area contributed by atoms with Crippen molar-refractivity contribution in [2.75, 3.05) is 27.3 Å². The Labute approximate surface area is 204 Å². The average Bonchev–Trinajstić information content (AvgIpc) is 3.25. The number of hydrogen-bond donors (Lipinski definition) is 0. The average molecular weight is 473 g/mol. The second kappa shape index (κ2) is 11.4. The molecule has 0 radical (unpaired) electrons. The topological polar surface area (TPSA) is 72.2 Å². The van der Waals surface area contributed by atoms with Crippen LogP contribution >= 0.6 is 0 Å². The maximum absolute atomic E-state index is 13.5. The van der Waals surface area contributed by atoms with Crippen LogP contribution < -0.4 is 9.47 Å². The van der Waals surface area contributed by atoms with Crippen molar-refractivity contribution in [3.8, 4) is 11.5 Å². The molecule has 0 N–H and O–H groups in total. The highest BCUT2D eigenvalue weighted by Gasteiger charge is 2.32. The molecule has 2 amide bonds. The molecular formula is C27H40N2O5. The van der Waals surface area contributed by atoms with E-state index < -0.39 is 5.54 Å². The molecule has 0 unspecified atom stereocenters. The second-order valence-corrected chi connectivity index (χ2v) is 10.7. The summed E-state index contributed by atoms with van der Waals surface area (Å²) in [6.45, 7) is 12.8. The monoisotopic (exact) mass is 472 g/mol. The number of carbonyl (C=O) groups is 2. The lowest BCUT2D eigenvalue weighted by Gasteiger charge is -2.38. The number of methoxy groups -OCH3 is 2. The maximum atomic E-state index is 13.5. The molecule has 0 aliphatic rings. The minimum atomic E-state index is -0.475. The first-order chi connectivity index (χ1) is 15.8. The molecule has 2 aromatic rings. The number of furan rings is 1. The Morgan fingerprint density at radius 3 is 2.15 bits per heavy atom. The highest BCUT2D eigenvalue weighted by atomic mass is 16.5. The molecule has 0 fully saturated rings. The van der Waals surface area contributed by atoms with Gasteiger partial charge in [0.15, 0.2) is 11.5 Å². The molecule has 0 aliphatic heterocycles. The zero-order valence-corrected chi connectivity index (χ0v) is 21.9. The zero-order valence-electron chi connectivity index (χ0n) is 21.9. The van der Waals surface area contributed by atoms with Crippen LogP contribution in [0.5, 0.6) is 11.5 Å². The number of benzene rings is 1. The predicted molar refractivity (Wildman–Crippen MR) is 133 cm³/mol. The number of rotatable bonds is 10. The van der Waals surface area contributed by atoms with E-state index in [0.29, 0.717) is 43.2 Å². The Morgan fingerprint density at radius 1 is 0.941 bits per heavy atom. The fourth-order valence-electron chi connectivity index (χ4n) is 3.67. The largest absolute Gasteiger partial charge is 0.493 e. The minimum absolute atomic E-state index is 0.0189. The molecule has 0 saturated carbocycles. The summed E-state index contributed by atoms with van der Waals surface area (Å²) in [5.74, 6) is 1.87. The Kier molecular flexibility index (Phi) is 9.19. The number of nitrogens with zero attached hydrogens (tertiary/aromatic N) is 2. The summed E-state index contributed by atoms with van der Waals surface area (Å²) in [4.78, 5) is 30.0. The van der Waals surface area contributed by atoms with E-state index in [1.165, 1.54) is 0 Å². The second-order valence-electron chi connectivity index (χ2n) is 10.7. The van der Waals surface area contributed by atoms with Gasteiger partial charge in [0.05, 0.1) is 27.0 Å². The molecule has 1 heterocycles. The van der Waals surface area contributed by atoms with Crippen LogP contribution in [0.1, 0.15) is 59.3 Å². The van der Waals surface area contributed by atoms with E-state index in [-0.39, 0.29) is 23.8 Å². The van der Waals surface area contributed by atoms with Gasteiger partial charge in [-0.2, -0.15) is 0 Å². The van der Waals surface area contributed by atoms with Crippen molar-refractivity contribution in [2.24, 2.45) is 5.41 Å². The minimum Gasteiger partial charge on any atom is -0.493 e. The van der Waals surface area contributed by atoms with Gasteiger partial charge in [0.1, 0.15) is 12.3 Å². The molecule has 0 atom stereocenters. The van der Waals surface area contributed by atoms with Crippen LogP contribution in [0.4, 0.5) is 0 Å². The lowest BCUT2D eigenvalue weighted by atomic mass is 9.90. The summed E-state index contributed by atoms with van der Waals surface area (Å²) < 4.78 is 16.2. The standard InChI is InChI=1S/C27H40N2O5/c1-26(2,3)17-24(30)29(27(4,5)6)19-25(31)28(18-21-10-9-15-34-21)14-13-20-11-12-22(32-7)23(16-20)33-8/h9-12,15-16H,13-14,17-19H2,1-8H3. The normalized spacial score (nSPS) is 11.8. The SMILES string of the molecule is COc1ccc(CCN(Cc2ccco2)C(=O)CN(C(=O)CC(C)(C)C)C(C)(C)C)cc1OC. The van der Waals surface area contributed by atoms with Crippen molar-refractivity contribution >= 4 is 11.8 Å². The Bertz CT molecular complexity index is 939. The van der Waals surface area contributed by atoms with Crippen LogP contribution in [-0.2, 0) is 22.6 Å². The number of ether oxygens (including phenoxy) is 2. The van der Waals surface area contributed by atoms with Crippen molar-refractivity contribution < 1.29 is 23.5 Å². The molecule has 0 bridgehead atoms. The van der Waals surface area contributed by atoms with Gasteiger partial charge in [-0.1, -0.05) is 26.8 Å². The number of carbonyl (C=O) groups excluding carboxylic acids is 2. The van der Waals surface area contributed by atoms with Gasteiger partial charge in [-0.25, -0.2) is 0 Å². The van der Waals surface area contributed by atoms with E-state index in [2.05, 4.69) is 0 Å². The van der Waals surface area contributed by atoms with Gasteiger partial charge in [0, 0.05) is 18.5 Å². The summed E-state index contributed by atoms with van der Waals surface area (Å²) in [5.41, 5.74) is 0.383. The van der Waals surface area contributed by atoms with Crippen molar-refractivity contribution in [3.63, 3.8) is 0 Å². The molecule has 0 spiro atoms. The van der Waals surface area contributed by atoms with Crippen molar-refractivity contribution in [1.29, 1.82) is 0 Å². The third kappa shape index (κ3) is 8.12. The molecule has 1 aromatic carbocycles. The third-order valence-electron chi connectivity index (χ3n) is 5.48. The molecule has 2 rings (SSSR count). The molecule has 0 aliphatic carbocycles. The lowest BCUT2D eigenvalue weighted by molar-refractivity contribution is -0.146. The first-order valence-electron chi connectivity index (χ1n) is 11.7. The van der Waals surface area contributed by atoms with Gasteiger partial charge in [-0.3, -0.25) is 9.59 Å². The van der Waals surface area contributed by atoms with Gasteiger partial charge in [0.25, 0.3) is 0 Å². The van der Waals surface area contributed by atoms with Gasteiger partial charge in [-0.05, 0) is 62.4 Å². The predicted octanol–water partition coefficient (Wildman–Crippen LogP) is 4.93. The van der Waals surface area contributed by atoms with Crippen molar-refractivity contribution in [3.05, 3.63) is 47.9 Å². The van der Waals surface area contributed by atoms with Crippen molar-refractivity contribution in [2.45, 2.75) is 66.5 Å². The smallest absolute Gasteiger partial charge is 0.242 e. The lowest BCUT2D eigenvalue weighted by Crippen LogP contribution is -2.52. The molecule has 7 nitrogen and oxygen atoms in total.